The molecule has 0 bridgehead atoms. The van der Waals surface area contributed by atoms with Crippen molar-refractivity contribution >= 4 is 11.9 Å². The van der Waals surface area contributed by atoms with Gasteiger partial charge in [-0.1, -0.05) is 13.3 Å². The molecule has 0 fully saturated rings. The molecule has 0 spiro atoms. The van der Waals surface area contributed by atoms with Crippen LogP contribution in [-0.2, 0) is 19.1 Å². The highest BCUT2D eigenvalue weighted by Crippen LogP contribution is 2.32. The predicted molar refractivity (Wildman–Crippen MR) is 58.2 cm³/mol. The van der Waals surface area contributed by atoms with E-state index in [0.29, 0.717) is 6.42 Å². The van der Waals surface area contributed by atoms with Gasteiger partial charge in [0.2, 0.25) is 0 Å². The summed E-state index contributed by atoms with van der Waals surface area (Å²) in [6, 6.07) is 0. The molecule has 112 valence electrons. The molecule has 19 heavy (non-hydrogen) atoms. The molecule has 0 aromatic carbocycles. The van der Waals surface area contributed by atoms with Crippen LogP contribution in [0.3, 0.4) is 0 Å². The Morgan fingerprint density at radius 3 is 2.11 bits per heavy atom. The summed E-state index contributed by atoms with van der Waals surface area (Å²) >= 11 is 0. The third-order valence-corrected chi connectivity index (χ3v) is 2.55. The van der Waals surface area contributed by atoms with Crippen molar-refractivity contribution in [2.45, 2.75) is 39.5 Å². The summed E-state index contributed by atoms with van der Waals surface area (Å²) < 4.78 is 43.8. The highest BCUT2D eigenvalue weighted by atomic mass is 19.4. The molecule has 0 aromatic rings. The molecule has 0 radical (unpaired) electrons. The Labute approximate surface area is 108 Å². The van der Waals surface area contributed by atoms with Gasteiger partial charge in [0.1, 0.15) is 0 Å². The fourth-order valence-electron chi connectivity index (χ4n) is 1.67. The van der Waals surface area contributed by atoms with Crippen molar-refractivity contribution in [3.63, 3.8) is 0 Å². The number of hydrogen-bond donors (Lipinski definition) is 1. The van der Waals surface area contributed by atoms with E-state index in [1.807, 2.05) is 0 Å². The third kappa shape index (κ3) is 5.46. The summed E-state index contributed by atoms with van der Waals surface area (Å²) in [6.07, 6.45) is -5.24. The first-order chi connectivity index (χ1) is 8.69. The molecule has 0 aliphatic heterocycles. The Morgan fingerprint density at radius 1 is 1.16 bits per heavy atom. The molecule has 0 saturated carbocycles. The van der Waals surface area contributed by atoms with Crippen LogP contribution in [0.25, 0.3) is 0 Å². The van der Waals surface area contributed by atoms with Crippen molar-refractivity contribution in [1.29, 1.82) is 0 Å². The van der Waals surface area contributed by atoms with Crippen LogP contribution < -0.4 is 0 Å². The average molecular weight is 286 g/mol. The van der Waals surface area contributed by atoms with Gasteiger partial charge in [-0.15, -0.1) is 13.2 Å². The third-order valence-electron chi connectivity index (χ3n) is 2.55. The van der Waals surface area contributed by atoms with Crippen molar-refractivity contribution in [1.82, 2.24) is 0 Å². The lowest BCUT2D eigenvalue weighted by Crippen LogP contribution is -2.42. The lowest BCUT2D eigenvalue weighted by atomic mass is 9.80. The Morgan fingerprint density at radius 2 is 1.74 bits per heavy atom. The smallest absolute Gasteiger partial charge is 0.480 e. The lowest BCUT2D eigenvalue weighted by molar-refractivity contribution is -0.326. The van der Waals surface area contributed by atoms with Gasteiger partial charge in [0, 0.05) is 0 Å². The summed E-state index contributed by atoms with van der Waals surface area (Å²) in [4.78, 5) is 23.0. The predicted octanol–water partition coefficient (Wildman–Crippen LogP) is 2.35. The topological polar surface area (TPSA) is 72.8 Å². The van der Waals surface area contributed by atoms with Gasteiger partial charge in [0.15, 0.2) is 5.41 Å². The molecular formula is C11H17F3O5. The molecule has 0 aliphatic rings. The molecular weight excluding hydrogens is 269 g/mol. The summed E-state index contributed by atoms with van der Waals surface area (Å²) in [5.74, 6) is -2.53. The van der Waals surface area contributed by atoms with Gasteiger partial charge in [0.25, 0.3) is 0 Å². The van der Waals surface area contributed by atoms with E-state index in [0.717, 1.165) is 0 Å². The van der Waals surface area contributed by atoms with Gasteiger partial charge >= 0.3 is 18.3 Å². The van der Waals surface area contributed by atoms with Crippen molar-refractivity contribution in [3.05, 3.63) is 0 Å². The number of esters is 1. The largest absolute Gasteiger partial charge is 0.522 e. The van der Waals surface area contributed by atoms with Crippen LogP contribution in [0, 0.1) is 5.41 Å². The zero-order chi connectivity index (χ0) is 15.1. The maximum Gasteiger partial charge on any atom is 0.522 e. The van der Waals surface area contributed by atoms with Crippen LogP contribution in [-0.4, -0.2) is 36.6 Å². The van der Waals surface area contributed by atoms with E-state index < -0.39 is 36.7 Å². The standard InChI is InChI=1S/C11H17F3O5/c1-3-5-10(8(15)16,9(17)18-4-2)6-7-19-11(12,13)14/h3-7H2,1-2H3,(H,15,16). The molecule has 5 nitrogen and oxygen atoms in total. The van der Waals surface area contributed by atoms with E-state index in [1.165, 1.54) is 6.92 Å². The molecule has 0 rings (SSSR count). The van der Waals surface area contributed by atoms with E-state index in [2.05, 4.69) is 9.47 Å². The quantitative estimate of drug-likeness (QED) is 0.547. The lowest BCUT2D eigenvalue weighted by Gasteiger charge is -2.26. The van der Waals surface area contributed by atoms with E-state index >= 15 is 0 Å². The highest BCUT2D eigenvalue weighted by molar-refractivity contribution is 5.99. The zero-order valence-corrected chi connectivity index (χ0v) is 10.7. The number of carbonyl (C=O) groups excluding carboxylic acids is 1. The molecule has 0 amide bonds. The van der Waals surface area contributed by atoms with Gasteiger partial charge in [-0.2, -0.15) is 0 Å². The van der Waals surface area contributed by atoms with Gasteiger partial charge in [-0.3, -0.25) is 14.3 Å². The minimum absolute atomic E-state index is 0.0439. The number of halogens is 3. The van der Waals surface area contributed by atoms with Crippen LogP contribution >= 0.6 is 0 Å². The number of rotatable bonds is 8. The molecule has 0 aromatic heterocycles. The summed E-state index contributed by atoms with van der Waals surface area (Å²) in [6.45, 7) is 2.16. The number of carbonyl (C=O) groups is 2. The fourth-order valence-corrected chi connectivity index (χ4v) is 1.67. The number of aliphatic carboxylic acids is 1. The minimum Gasteiger partial charge on any atom is -0.480 e. The molecule has 1 N–H and O–H groups in total. The molecule has 0 saturated heterocycles. The summed E-state index contributed by atoms with van der Waals surface area (Å²) in [7, 11) is 0. The number of carboxylic acid groups (broad SMARTS) is 1. The number of ether oxygens (including phenoxy) is 2. The first-order valence-corrected chi connectivity index (χ1v) is 5.81. The maximum absolute atomic E-state index is 11.9. The number of carboxylic acids is 1. The Bertz CT molecular complexity index is 316. The van der Waals surface area contributed by atoms with Crippen molar-refractivity contribution in [2.24, 2.45) is 5.41 Å². The first kappa shape index (κ1) is 17.7. The second-order valence-electron chi connectivity index (χ2n) is 3.90. The van der Waals surface area contributed by atoms with E-state index in [-0.39, 0.29) is 13.0 Å². The molecule has 0 heterocycles. The molecule has 0 aliphatic carbocycles. The van der Waals surface area contributed by atoms with Crippen LogP contribution in [0.1, 0.15) is 33.1 Å². The van der Waals surface area contributed by atoms with E-state index in [9.17, 15) is 22.8 Å². The Balaban J connectivity index is 4.92. The van der Waals surface area contributed by atoms with Crippen LogP contribution in [0.5, 0.6) is 0 Å². The normalized spacial score (nSPS) is 14.8. The van der Waals surface area contributed by atoms with Crippen LogP contribution in [0.2, 0.25) is 0 Å². The first-order valence-electron chi connectivity index (χ1n) is 5.81. The fraction of sp³-hybridized carbons (Fsp3) is 0.818. The van der Waals surface area contributed by atoms with Crippen LogP contribution in [0.15, 0.2) is 0 Å². The average Bonchev–Trinajstić information content (AvgIpc) is 2.26. The van der Waals surface area contributed by atoms with Crippen molar-refractivity contribution < 1.29 is 37.3 Å². The van der Waals surface area contributed by atoms with E-state index in [1.54, 1.807) is 6.92 Å². The monoisotopic (exact) mass is 286 g/mol. The van der Waals surface area contributed by atoms with Crippen LogP contribution in [0.4, 0.5) is 13.2 Å². The second-order valence-corrected chi connectivity index (χ2v) is 3.90. The molecule has 8 heteroatoms. The van der Waals surface area contributed by atoms with Gasteiger partial charge in [-0.25, -0.2) is 0 Å². The summed E-state index contributed by atoms with van der Waals surface area (Å²) in [5.41, 5.74) is -1.99. The highest BCUT2D eigenvalue weighted by Gasteiger charge is 2.47. The second kappa shape index (κ2) is 7.32. The Hall–Kier alpha value is -1.31. The number of alkyl halides is 3. The molecule has 1 unspecified atom stereocenters. The van der Waals surface area contributed by atoms with Crippen molar-refractivity contribution in [2.75, 3.05) is 13.2 Å². The maximum atomic E-state index is 11.9. The summed E-state index contributed by atoms with van der Waals surface area (Å²) in [5, 5.41) is 9.14. The van der Waals surface area contributed by atoms with E-state index in [4.69, 9.17) is 5.11 Å². The Kier molecular flexibility index (Phi) is 6.82. The van der Waals surface area contributed by atoms with Gasteiger partial charge in [-0.05, 0) is 19.8 Å². The van der Waals surface area contributed by atoms with Crippen molar-refractivity contribution in [3.8, 4) is 0 Å². The SMILES string of the molecule is CCCC(CCOC(F)(F)F)(C(=O)O)C(=O)OCC. The molecule has 1 atom stereocenters. The zero-order valence-electron chi connectivity index (χ0n) is 10.7. The number of hydrogen-bond acceptors (Lipinski definition) is 4. The minimum atomic E-state index is -4.86. The van der Waals surface area contributed by atoms with Gasteiger partial charge in [0.05, 0.1) is 13.2 Å². The van der Waals surface area contributed by atoms with Gasteiger partial charge < -0.3 is 9.84 Å².